The Bertz CT molecular complexity index is 1560. The van der Waals surface area contributed by atoms with Crippen LogP contribution in [-0.2, 0) is 9.47 Å². The molecule has 10 nitrogen and oxygen atoms in total. The molecule has 1 atom stereocenters. The number of aromatic nitrogens is 1. The van der Waals surface area contributed by atoms with Crippen molar-refractivity contribution in [3.05, 3.63) is 88.6 Å². The predicted octanol–water partition coefficient (Wildman–Crippen LogP) is 4.28. The summed E-state index contributed by atoms with van der Waals surface area (Å²) in [6, 6.07) is 17.1. The fraction of sp³-hybridized carbons (Fsp3) is 0.344. The fourth-order valence-electron chi connectivity index (χ4n) is 5.54. The third kappa shape index (κ3) is 5.50. The zero-order valence-electron chi connectivity index (χ0n) is 23.4. The van der Waals surface area contributed by atoms with Gasteiger partial charge in [-0.15, -0.1) is 0 Å². The van der Waals surface area contributed by atoms with Crippen LogP contribution in [0.3, 0.4) is 0 Å². The number of hydrogen-bond donors (Lipinski definition) is 0. The van der Waals surface area contributed by atoms with Crippen LogP contribution < -0.4 is 9.80 Å². The van der Waals surface area contributed by atoms with Gasteiger partial charge in [0, 0.05) is 38.1 Å². The minimum absolute atomic E-state index is 0.0331. The lowest BCUT2D eigenvalue weighted by Crippen LogP contribution is -2.49. The first kappa shape index (κ1) is 27.3. The molecule has 3 heterocycles. The lowest BCUT2D eigenvalue weighted by molar-refractivity contribution is 0.0475. The van der Waals surface area contributed by atoms with Crippen molar-refractivity contribution >= 4 is 29.5 Å². The Morgan fingerprint density at radius 3 is 2.52 bits per heavy atom. The minimum Gasteiger partial charge on any atom is -0.460 e. The second-order valence-electron chi connectivity index (χ2n) is 10.9. The number of nitriles is 1. The van der Waals surface area contributed by atoms with Gasteiger partial charge in [0.15, 0.2) is 0 Å². The summed E-state index contributed by atoms with van der Waals surface area (Å²) < 4.78 is 10.7. The summed E-state index contributed by atoms with van der Waals surface area (Å²) in [5.41, 5.74) is 3.69. The van der Waals surface area contributed by atoms with Crippen molar-refractivity contribution in [1.82, 2.24) is 9.88 Å². The first-order chi connectivity index (χ1) is 20.4. The maximum atomic E-state index is 13.5. The molecule has 42 heavy (non-hydrogen) atoms. The van der Waals surface area contributed by atoms with Gasteiger partial charge in [0.1, 0.15) is 31.1 Å². The average Bonchev–Trinajstić information content (AvgIpc) is 3.82. The number of esters is 1. The molecule has 10 heteroatoms. The summed E-state index contributed by atoms with van der Waals surface area (Å²) in [6.45, 7) is 4.33. The van der Waals surface area contributed by atoms with Crippen LogP contribution in [-0.4, -0.2) is 73.3 Å². The van der Waals surface area contributed by atoms with Crippen molar-refractivity contribution < 1.29 is 23.9 Å². The standard InChI is InChI=1S/C32H31N5O5/c1-21-15-25(22-7-8-22)18-34-29(21)35-11-13-36(14-12-35)30(38)28-10-9-26(16-24(28)17-33)37-27(20-42-32(37)40)19-41-31(39)23-5-3-2-4-6-23/h2-6,9-10,15-16,18,22,27H,7-8,11-14,19-20H2,1H3/t27-/m1/s1. The van der Waals surface area contributed by atoms with Gasteiger partial charge in [-0.2, -0.15) is 5.26 Å². The number of benzene rings is 2. The van der Waals surface area contributed by atoms with Gasteiger partial charge in [-0.25, -0.2) is 14.6 Å². The molecule has 3 fully saturated rings. The molecule has 0 spiro atoms. The van der Waals surface area contributed by atoms with Crippen LogP contribution >= 0.6 is 0 Å². The van der Waals surface area contributed by atoms with Crippen molar-refractivity contribution in [3.8, 4) is 6.07 Å². The van der Waals surface area contributed by atoms with Crippen LogP contribution in [0.1, 0.15) is 56.2 Å². The minimum atomic E-state index is -0.607. The zero-order chi connectivity index (χ0) is 29.2. The van der Waals surface area contributed by atoms with Crippen LogP contribution in [0.4, 0.5) is 16.3 Å². The van der Waals surface area contributed by atoms with Gasteiger partial charge in [0.2, 0.25) is 0 Å². The Labute approximate surface area is 244 Å². The number of cyclic esters (lactones) is 1. The lowest BCUT2D eigenvalue weighted by Gasteiger charge is -2.36. The van der Waals surface area contributed by atoms with Crippen LogP contribution in [0, 0.1) is 18.3 Å². The molecule has 1 aliphatic carbocycles. The van der Waals surface area contributed by atoms with E-state index in [1.165, 1.54) is 29.4 Å². The van der Waals surface area contributed by atoms with E-state index in [-0.39, 0.29) is 30.2 Å². The number of pyridine rings is 1. The van der Waals surface area contributed by atoms with Crippen LogP contribution in [0.15, 0.2) is 60.8 Å². The molecule has 0 bridgehead atoms. The summed E-state index contributed by atoms with van der Waals surface area (Å²) in [5, 5.41) is 9.91. The molecule has 2 aliphatic heterocycles. The summed E-state index contributed by atoms with van der Waals surface area (Å²) in [6.07, 6.45) is 3.84. The number of aryl methyl sites for hydroxylation is 1. The van der Waals surface area contributed by atoms with Gasteiger partial charge in [-0.05, 0) is 67.1 Å². The smallest absolute Gasteiger partial charge is 0.414 e. The van der Waals surface area contributed by atoms with Gasteiger partial charge in [0.25, 0.3) is 5.91 Å². The van der Waals surface area contributed by atoms with Gasteiger partial charge < -0.3 is 19.3 Å². The third-order valence-electron chi connectivity index (χ3n) is 8.00. The van der Waals surface area contributed by atoms with E-state index in [2.05, 4.69) is 24.0 Å². The number of nitrogens with zero attached hydrogens (tertiary/aromatic N) is 5. The number of carbonyl (C=O) groups is 3. The molecule has 3 aromatic rings. The number of piperazine rings is 1. The van der Waals surface area contributed by atoms with E-state index in [4.69, 9.17) is 14.5 Å². The number of amides is 2. The van der Waals surface area contributed by atoms with Gasteiger partial charge in [-0.3, -0.25) is 9.69 Å². The molecule has 214 valence electrons. The highest BCUT2D eigenvalue weighted by molar-refractivity contribution is 5.98. The molecule has 2 aromatic carbocycles. The number of anilines is 2. The highest BCUT2D eigenvalue weighted by atomic mass is 16.6. The van der Waals surface area contributed by atoms with Gasteiger partial charge in [-0.1, -0.05) is 24.3 Å². The van der Waals surface area contributed by atoms with E-state index in [1.807, 2.05) is 6.20 Å². The van der Waals surface area contributed by atoms with Crippen molar-refractivity contribution in [2.75, 3.05) is 49.2 Å². The Kier molecular flexibility index (Phi) is 7.48. The van der Waals surface area contributed by atoms with Crippen LogP contribution in [0.2, 0.25) is 0 Å². The molecule has 0 radical (unpaired) electrons. The number of rotatable bonds is 7. The molecule has 3 aliphatic rings. The monoisotopic (exact) mass is 565 g/mol. The van der Waals surface area contributed by atoms with Crippen LogP contribution in [0.5, 0.6) is 0 Å². The Hall–Kier alpha value is -4.91. The molecule has 0 unspecified atom stereocenters. The third-order valence-corrected chi connectivity index (χ3v) is 8.00. The Morgan fingerprint density at radius 2 is 1.83 bits per heavy atom. The molecular formula is C32H31N5O5. The molecule has 6 rings (SSSR count). The second-order valence-corrected chi connectivity index (χ2v) is 10.9. The molecule has 1 aromatic heterocycles. The van der Waals surface area contributed by atoms with E-state index in [0.717, 1.165) is 11.4 Å². The average molecular weight is 566 g/mol. The van der Waals surface area contributed by atoms with Gasteiger partial charge in [0.05, 0.1) is 16.7 Å². The maximum absolute atomic E-state index is 13.5. The van der Waals surface area contributed by atoms with E-state index < -0.39 is 18.1 Å². The molecule has 1 saturated carbocycles. The largest absolute Gasteiger partial charge is 0.460 e. The van der Waals surface area contributed by atoms with E-state index in [1.54, 1.807) is 47.4 Å². The predicted molar refractivity (Wildman–Crippen MR) is 155 cm³/mol. The number of hydrogen-bond acceptors (Lipinski definition) is 8. The molecule has 2 amide bonds. The second kappa shape index (κ2) is 11.5. The van der Waals surface area contributed by atoms with Crippen LogP contribution in [0.25, 0.3) is 0 Å². The van der Waals surface area contributed by atoms with Gasteiger partial charge >= 0.3 is 12.1 Å². The van der Waals surface area contributed by atoms with Crippen molar-refractivity contribution in [2.45, 2.75) is 31.7 Å². The zero-order valence-corrected chi connectivity index (χ0v) is 23.4. The number of ether oxygens (including phenoxy) is 2. The summed E-state index contributed by atoms with van der Waals surface area (Å²) in [4.78, 5) is 48.5. The Morgan fingerprint density at radius 1 is 1.07 bits per heavy atom. The first-order valence-electron chi connectivity index (χ1n) is 14.2. The van der Waals surface area contributed by atoms with E-state index in [0.29, 0.717) is 43.3 Å². The topological polar surface area (TPSA) is 116 Å². The Balaban J connectivity index is 1.11. The van der Waals surface area contributed by atoms with E-state index in [9.17, 15) is 19.6 Å². The highest BCUT2D eigenvalue weighted by Crippen LogP contribution is 2.40. The lowest BCUT2D eigenvalue weighted by atomic mass is 10.0. The molecule has 0 N–H and O–H groups in total. The normalized spacial score (nSPS) is 18.4. The summed E-state index contributed by atoms with van der Waals surface area (Å²) in [5.74, 6) is 0.869. The first-order valence-corrected chi connectivity index (χ1v) is 14.2. The van der Waals surface area contributed by atoms with Crippen molar-refractivity contribution in [3.63, 3.8) is 0 Å². The molecular weight excluding hydrogens is 534 g/mol. The summed E-state index contributed by atoms with van der Waals surface area (Å²) in [7, 11) is 0. The van der Waals surface area contributed by atoms with Crippen molar-refractivity contribution in [2.24, 2.45) is 0 Å². The maximum Gasteiger partial charge on any atom is 0.414 e. The van der Waals surface area contributed by atoms with E-state index >= 15 is 0 Å². The van der Waals surface area contributed by atoms with Crippen molar-refractivity contribution in [1.29, 1.82) is 5.26 Å². The SMILES string of the molecule is Cc1cc(C2CC2)cnc1N1CCN(C(=O)c2ccc(N3C(=O)OC[C@H]3COC(=O)c3ccccc3)cc2C#N)CC1. The quantitative estimate of drug-likeness (QED) is 0.390. The molecule has 2 saturated heterocycles. The fourth-order valence-corrected chi connectivity index (χ4v) is 5.54. The summed E-state index contributed by atoms with van der Waals surface area (Å²) >= 11 is 0. The number of carbonyl (C=O) groups excluding carboxylic acids is 3. The highest BCUT2D eigenvalue weighted by Gasteiger charge is 2.36.